The van der Waals surface area contributed by atoms with Crippen LogP contribution < -0.4 is 0 Å². The molecule has 8 heteroatoms. The molecule has 0 spiro atoms. The van der Waals surface area contributed by atoms with Crippen molar-refractivity contribution in [1.29, 1.82) is 0 Å². The van der Waals surface area contributed by atoms with Crippen LogP contribution in [-0.4, -0.2) is 9.85 Å². The van der Waals surface area contributed by atoms with E-state index in [0.29, 0.717) is 0 Å². The third kappa shape index (κ3) is 4.29. The Kier molecular flexibility index (Phi) is 5.69. The van der Waals surface area contributed by atoms with Gasteiger partial charge in [-0.1, -0.05) is 47.8 Å². The second kappa shape index (κ2) is 8.56. The van der Waals surface area contributed by atoms with Gasteiger partial charge in [-0.15, -0.1) is 0 Å². The van der Waals surface area contributed by atoms with Crippen molar-refractivity contribution < 1.29 is 9.85 Å². The highest BCUT2D eigenvalue weighted by Gasteiger charge is 2.10. The topological polar surface area (TPSA) is 86.3 Å². The summed E-state index contributed by atoms with van der Waals surface area (Å²) in [6.07, 6.45) is 0. The average molecular weight is 434 g/mol. The van der Waals surface area contributed by atoms with E-state index in [4.69, 9.17) is 0 Å². The lowest BCUT2D eigenvalue weighted by molar-refractivity contribution is -0.385. The Balaban J connectivity index is 1.64. The van der Waals surface area contributed by atoms with Crippen molar-refractivity contribution in [3.05, 3.63) is 105 Å². The number of hydrogen-bond acceptors (Lipinski definition) is 6. The summed E-state index contributed by atoms with van der Waals surface area (Å²) < 4.78 is 0. The van der Waals surface area contributed by atoms with Crippen molar-refractivity contribution in [2.75, 3.05) is 0 Å². The molecule has 0 aliphatic heterocycles. The van der Waals surface area contributed by atoms with Crippen LogP contribution in [0.1, 0.15) is 0 Å². The van der Waals surface area contributed by atoms with Crippen molar-refractivity contribution in [3.63, 3.8) is 0 Å². The van der Waals surface area contributed by atoms with E-state index in [0.717, 1.165) is 30.4 Å². The highest BCUT2D eigenvalue weighted by molar-refractivity contribution is 8.00. The van der Waals surface area contributed by atoms with Gasteiger partial charge in [0.1, 0.15) is 0 Å². The smallest absolute Gasteiger partial charge is 0.258 e. The molecule has 0 aromatic heterocycles. The molecule has 4 rings (SSSR count). The molecule has 0 fully saturated rings. The van der Waals surface area contributed by atoms with Gasteiger partial charge in [0.2, 0.25) is 0 Å². The second-order valence-electron chi connectivity index (χ2n) is 6.31. The molecule has 0 bridgehead atoms. The minimum Gasteiger partial charge on any atom is -0.258 e. The fourth-order valence-corrected chi connectivity index (χ4v) is 4.88. The number of fused-ring (bicyclic) bond motifs is 1. The summed E-state index contributed by atoms with van der Waals surface area (Å²) >= 11 is 3.10. The summed E-state index contributed by atoms with van der Waals surface area (Å²) in [5, 5.41) is 23.8. The second-order valence-corrected chi connectivity index (χ2v) is 8.54. The normalized spacial score (nSPS) is 10.8. The first-order valence-electron chi connectivity index (χ1n) is 8.87. The maximum Gasteiger partial charge on any atom is 0.269 e. The van der Waals surface area contributed by atoms with E-state index >= 15 is 0 Å². The van der Waals surface area contributed by atoms with Gasteiger partial charge in [-0.2, -0.15) is 0 Å². The summed E-state index contributed by atoms with van der Waals surface area (Å²) in [6.45, 7) is 0. The first-order chi connectivity index (χ1) is 14.5. The third-order valence-electron chi connectivity index (χ3n) is 4.39. The predicted molar refractivity (Wildman–Crippen MR) is 118 cm³/mol. The number of benzene rings is 4. The van der Waals surface area contributed by atoms with Gasteiger partial charge >= 0.3 is 0 Å². The summed E-state index contributed by atoms with van der Waals surface area (Å²) in [5.41, 5.74) is 0.137. The van der Waals surface area contributed by atoms with Gasteiger partial charge in [0.25, 0.3) is 11.4 Å². The Bertz CT molecular complexity index is 1140. The Morgan fingerprint density at radius 2 is 0.900 bits per heavy atom. The summed E-state index contributed by atoms with van der Waals surface area (Å²) in [5.74, 6) is 0. The summed E-state index contributed by atoms with van der Waals surface area (Å²) in [7, 11) is 0. The van der Waals surface area contributed by atoms with Crippen LogP contribution in [0.5, 0.6) is 0 Å². The van der Waals surface area contributed by atoms with E-state index in [-0.39, 0.29) is 11.4 Å². The number of nitro benzene ring substituents is 2. The Morgan fingerprint density at radius 3 is 1.23 bits per heavy atom. The van der Waals surface area contributed by atoms with Crippen molar-refractivity contribution in [1.82, 2.24) is 0 Å². The van der Waals surface area contributed by atoms with Gasteiger partial charge in [0.15, 0.2) is 0 Å². The van der Waals surface area contributed by atoms with E-state index in [1.165, 1.54) is 24.3 Å². The number of rotatable bonds is 6. The lowest BCUT2D eigenvalue weighted by Crippen LogP contribution is -1.87. The fraction of sp³-hybridized carbons (Fsp3) is 0. The Morgan fingerprint density at radius 1 is 0.533 bits per heavy atom. The van der Waals surface area contributed by atoms with E-state index < -0.39 is 9.85 Å². The molecule has 0 unspecified atom stereocenters. The molecule has 0 N–H and O–H groups in total. The molecular weight excluding hydrogens is 420 g/mol. The van der Waals surface area contributed by atoms with E-state index in [1.54, 1.807) is 47.8 Å². The van der Waals surface area contributed by atoms with Crippen LogP contribution in [0.2, 0.25) is 0 Å². The van der Waals surface area contributed by atoms with Gasteiger partial charge in [0.05, 0.1) is 9.85 Å². The Labute approximate surface area is 180 Å². The molecule has 0 aliphatic carbocycles. The molecule has 30 heavy (non-hydrogen) atoms. The Hall–Kier alpha value is -3.36. The molecule has 4 aromatic rings. The minimum absolute atomic E-state index is 0.0686. The minimum atomic E-state index is -0.409. The van der Waals surface area contributed by atoms with E-state index in [1.807, 2.05) is 36.4 Å². The molecule has 0 radical (unpaired) electrons. The summed E-state index contributed by atoms with van der Waals surface area (Å²) in [6, 6.07) is 25.1. The standard InChI is InChI=1S/C22H14N2O4S2/c25-23(26)15-7-11-17(12-8-15)29-21-5-1-3-19-20(21)4-2-6-22(19)30-18-13-9-16(10-14-18)24(27)28/h1-14H. The third-order valence-corrected chi connectivity index (χ3v) is 6.56. The quantitative estimate of drug-likeness (QED) is 0.241. The van der Waals surface area contributed by atoms with E-state index in [9.17, 15) is 20.2 Å². The molecule has 6 nitrogen and oxygen atoms in total. The zero-order valence-electron chi connectivity index (χ0n) is 15.4. The highest BCUT2D eigenvalue weighted by Crippen LogP contribution is 2.39. The van der Waals surface area contributed by atoms with Crippen molar-refractivity contribution in [2.45, 2.75) is 19.6 Å². The molecule has 0 saturated heterocycles. The van der Waals surface area contributed by atoms with Crippen LogP contribution >= 0.6 is 23.5 Å². The molecule has 0 saturated carbocycles. The van der Waals surface area contributed by atoms with Crippen LogP contribution in [0.3, 0.4) is 0 Å². The van der Waals surface area contributed by atoms with E-state index in [2.05, 4.69) is 0 Å². The van der Waals surface area contributed by atoms with Crippen LogP contribution in [0.4, 0.5) is 11.4 Å². The number of nitrogens with zero attached hydrogens (tertiary/aromatic N) is 2. The van der Waals surface area contributed by atoms with Crippen LogP contribution in [0.25, 0.3) is 10.8 Å². The SMILES string of the molecule is O=[N+]([O-])c1ccc(Sc2cccc3c(Sc4ccc([N+](=O)[O-])cc4)cccc23)cc1. The van der Waals surface area contributed by atoms with Gasteiger partial charge in [-0.05, 0) is 47.2 Å². The number of hydrogen-bond donors (Lipinski definition) is 0. The van der Waals surface area contributed by atoms with Gasteiger partial charge in [0, 0.05) is 43.8 Å². The monoisotopic (exact) mass is 434 g/mol. The van der Waals surface area contributed by atoms with Gasteiger partial charge in [-0.25, -0.2) is 0 Å². The summed E-state index contributed by atoms with van der Waals surface area (Å²) in [4.78, 5) is 24.8. The molecule has 148 valence electrons. The van der Waals surface area contributed by atoms with Crippen LogP contribution in [-0.2, 0) is 0 Å². The number of nitro groups is 2. The zero-order chi connectivity index (χ0) is 21.1. The molecular formula is C22H14N2O4S2. The molecule has 0 aliphatic rings. The predicted octanol–water partition coefficient (Wildman–Crippen LogP) is 6.96. The molecule has 0 amide bonds. The first kappa shape index (κ1) is 19.9. The maximum atomic E-state index is 10.8. The lowest BCUT2D eigenvalue weighted by atomic mass is 10.1. The fourth-order valence-electron chi connectivity index (χ4n) is 2.96. The maximum absolute atomic E-state index is 10.8. The first-order valence-corrected chi connectivity index (χ1v) is 10.5. The van der Waals surface area contributed by atoms with Crippen LogP contribution in [0.15, 0.2) is 105 Å². The molecule has 0 atom stereocenters. The van der Waals surface area contributed by atoms with Gasteiger partial charge in [-0.3, -0.25) is 20.2 Å². The number of non-ortho nitro benzene ring substituents is 2. The molecule has 0 heterocycles. The molecule has 4 aromatic carbocycles. The lowest BCUT2D eigenvalue weighted by Gasteiger charge is -2.10. The van der Waals surface area contributed by atoms with Gasteiger partial charge < -0.3 is 0 Å². The highest BCUT2D eigenvalue weighted by atomic mass is 32.2. The van der Waals surface area contributed by atoms with Crippen molar-refractivity contribution >= 4 is 45.7 Å². The zero-order valence-corrected chi connectivity index (χ0v) is 17.1. The van der Waals surface area contributed by atoms with Crippen molar-refractivity contribution in [3.8, 4) is 0 Å². The van der Waals surface area contributed by atoms with Crippen LogP contribution in [0, 0.1) is 20.2 Å². The van der Waals surface area contributed by atoms with Crippen molar-refractivity contribution in [2.24, 2.45) is 0 Å². The largest absolute Gasteiger partial charge is 0.269 e. The average Bonchev–Trinajstić information content (AvgIpc) is 2.75.